The highest BCUT2D eigenvalue weighted by atomic mass is 32.2. The topological polar surface area (TPSA) is 42.7 Å². The van der Waals surface area contributed by atoms with E-state index >= 15 is 0 Å². The Balaban J connectivity index is 1.74. The Morgan fingerprint density at radius 3 is 3.00 bits per heavy atom. The summed E-state index contributed by atoms with van der Waals surface area (Å²) in [5.74, 6) is 1.08. The molecule has 0 bridgehead atoms. The molecule has 1 aliphatic heterocycles. The van der Waals surface area contributed by atoms with Crippen molar-refractivity contribution >= 4 is 11.8 Å². The van der Waals surface area contributed by atoms with Gasteiger partial charge in [-0.05, 0) is 31.5 Å². The van der Waals surface area contributed by atoms with Gasteiger partial charge in [-0.25, -0.2) is 4.98 Å². The molecule has 1 aromatic carbocycles. The van der Waals surface area contributed by atoms with Crippen LogP contribution in [0.5, 0.6) is 0 Å². The van der Waals surface area contributed by atoms with Gasteiger partial charge in [-0.3, -0.25) is 4.68 Å². The van der Waals surface area contributed by atoms with Crippen molar-refractivity contribution < 1.29 is 0 Å². The molecule has 1 aliphatic rings. The van der Waals surface area contributed by atoms with E-state index < -0.39 is 0 Å². The summed E-state index contributed by atoms with van der Waals surface area (Å²) in [6.45, 7) is 6.15. The molecule has 2 heterocycles. The number of rotatable bonds is 6. The molecule has 112 valence electrons. The van der Waals surface area contributed by atoms with Gasteiger partial charge in [-0.2, -0.15) is 5.10 Å². The first-order valence-electron chi connectivity index (χ1n) is 7.66. The quantitative estimate of drug-likeness (QED) is 0.890. The van der Waals surface area contributed by atoms with E-state index in [4.69, 9.17) is 0 Å². The number of fused-ring (bicyclic) bond motifs is 1. The molecular formula is C16H22N4S. The maximum atomic E-state index is 4.43. The fourth-order valence-corrected chi connectivity index (χ4v) is 4.34. The van der Waals surface area contributed by atoms with Crippen molar-refractivity contribution in [3.05, 3.63) is 42.0 Å². The Morgan fingerprint density at radius 1 is 1.38 bits per heavy atom. The first-order valence-corrected chi connectivity index (χ1v) is 8.54. The average molecular weight is 302 g/mol. The molecule has 3 rings (SSSR count). The van der Waals surface area contributed by atoms with Gasteiger partial charge in [0.2, 0.25) is 0 Å². The van der Waals surface area contributed by atoms with Crippen LogP contribution >= 0.6 is 11.8 Å². The summed E-state index contributed by atoms with van der Waals surface area (Å²) >= 11 is 2.00. The SMILES string of the molecule is CCNC(Cc1ncnn1CC)C1Cc2ccccc2S1. The molecular weight excluding hydrogens is 280 g/mol. The lowest BCUT2D eigenvalue weighted by Gasteiger charge is -2.23. The van der Waals surface area contributed by atoms with Crippen molar-refractivity contribution in [2.75, 3.05) is 6.54 Å². The van der Waals surface area contributed by atoms with Crippen LogP contribution in [-0.4, -0.2) is 32.6 Å². The number of nitrogens with one attached hydrogen (secondary N) is 1. The third kappa shape index (κ3) is 3.14. The Labute approximate surface area is 130 Å². The van der Waals surface area contributed by atoms with Gasteiger partial charge >= 0.3 is 0 Å². The van der Waals surface area contributed by atoms with E-state index in [1.807, 2.05) is 16.4 Å². The van der Waals surface area contributed by atoms with Gasteiger partial charge in [-0.1, -0.05) is 25.1 Å². The standard InChI is InChI=1S/C16H22N4S/c1-3-17-13(10-16-18-11-19-20(16)4-2)15-9-12-7-5-6-8-14(12)21-15/h5-8,11,13,15,17H,3-4,9-10H2,1-2H3. The van der Waals surface area contributed by atoms with E-state index in [-0.39, 0.29) is 0 Å². The second-order valence-electron chi connectivity index (χ2n) is 5.33. The van der Waals surface area contributed by atoms with Crippen LogP contribution in [0.1, 0.15) is 25.2 Å². The summed E-state index contributed by atoms with van der Waals surface area (Å²) in [7, 11) is 0. The summed E-state index contributed by atoms with van der Waals surface area (Å²) in [5, 5.41) is 8.51. The Morgan fingerprint density at radius 2 is 2.24 bits per heavy atom. The molecule has 0 saturated carbocycles. The molecule has 4 nitrogen and oxygen atoms in total. The highest BCUT2D eigenvalue weighted by Crippen LogP contribution is 2.38. The highest BCUT2D eigenvalue weighted by molar-refractivity contribution is 8.00. The van der Waals surface area contributed by atoms with E-state index in [0.29, 0.717) is 11.3 Å². The fraction of sp³-hybridized carbons (Fsp3) is 0.500. The number of hydrogen-bond acceptors (Lipinski definition) is 4. The molecule has 0 saturated heterocycles. The Hall–Kier alpha value is -1.33. The monoisotopic (exact) mass is 302 g/mol. The number of aryl methyl sites for hydroxylation is 1. The molecule has 2 unspecified atom stereocenters. The van der Waals surface area contributed by atoms with Crippen molar-refractivity contribution in [1.82, 2.24) is 20.1 Å². The van der Waals surface area contributed by atoms with Crippen LogP contribution in [0, 0.1) is 0 Å². The molecule has 5 heteroatoms. The zero-order valence-corrected chi connectivity index (χ0v) is 13.4. The first-order chi connectivity index (χ1) is 10.3. The summed E-state index contributed by atoms with van der Waals surface area (Å²) in [6, 6.07) is 9.18. The normalized spacial score (nSPS) is 18.7. The number of nitrogens with zero attached hydrogens (tertiary/aromatic N) is 3. The Kier molecular flexibility index (Phi) is 4.60. The van der Waals surface area contributed by atoms with E-state index in [1.165, 1.54) is 10.5 Å². The molecule has 0 amide bonds. The lowest BCUT2D eigenvalue weighted by molar-refractivity contribution is 0.478. The van der Waals surface area contributed by atoms with Crippen molar-refractivity contribution in [3.63, 3.8) is 0 Å². The molecule has 0 radical (unpaired) electrons. The van der Waals surface area contributed by atoms with Crippen molar-refractivity contribution in [2.45, 2.75) is 49.4 Å². The smallest absolute Gasteiger partial charge is 0.138 e. The van der Waals surface area contributed by atoms with Crippen LogP contribution in [0.3, 0.4) is 0 Å². The lowest BCUT2D eigenvalue weighted by atomic mass is 10.0. The van der Waals surface area contributed by atoms with Gasteiger partial charge in [-0.15, -0.1) is 11.8 Å². The predicted molar refractivity (Wildman–Crippen MR) is 86.7 cm³/mol. The maximum absolute atomic E-state index is 4.43. The van der Waals surface area contributed by atoms with E-state index in [0.717, 1.165) is 31.8 Å². The van der Waals surface area contributed by atoms with Gasteiger partial charge in [0.05, 0.1) is 0 Å². The third-order valence-electron chi connectivity index (χ3n) is 3.98. The molecule has 2 aromatic rings. The Bertz CT molecular complexity index is 570. The van der Waals surface area contributed by atoms with E-state index in [2.05, 4.69) is 53.5 Å². The molecule has 1 N–H and O–H groups in total. The molecule has 0 aliphatic carbocycles. The third-order valence-corrected chi connectivity index (χ3v) is 5.44. The highest BCUT2D eigenvalue weighted by Gasteiger charge is 2.29. The van der Waals surface area contributed by atoms with Gasteiger partial charge in [0.15, 0.2) is 0 Å². The summed E-state index contributed by atoms with van der Waals surface area (Å²) in [6.07, 6.45) is 3.74. The van der Waals surface area contributed by atoms with Crippen LogP contribution in [0.2, 0.25) is 0 Å². The van der Waals surface area contributed by atoms with Crippen molar-refractivity contribution in [2.24, 2.45) is 0 Å². The predicted octanol–water partition coefficient (Wildman–Crippen LogP) is 2.54. The molecule has 0 spiro atoms. The van der Waals surface area contributed by atoms with Gasteiger partial charge in [0.1, 0.15) is 12.2 Å². The minimum Gasteiger partial charge on any atom is -0.313 e. The largest absolute Gasteiger partial charge is 0.313 e. The summed E-state index contributed by atoms with van der Waals surface area (Å²) in [4.78, 5) is 5.86. The van der Waals surface area contributed by atoms with Crippen LogP contribution in [-0.2, 0) is 19.4 Å². The molecule has 0 fully saturated rings. The minimum absolute atomic E-state index is 0.432. The minimum atomic E-state index is 0.432. The second-order valence-corrected chi connectivity index (χ2v) is 6.61. The number of thioether (sulfide) groups is 1. The second kappa shape index (κ2) is 6.62. The molecule has 1 aromatic heterocycles. The van der Waals surface area contributed by atoms with Crippen LogP contribution in [0.15, 0.2) is 35.5 Å². The van der Waals surface area contributed by atoms with Crippen LogP contribution in [0.4, 0.5) is 0 Å². The van der Waals surface area contributed by atoms with Crippen molar-refractivity contribution in [1.29, 1.82) is 0 Å². The summed E-state index contributed by atoms with van der Waals surface area (Å²) in [5.41, 5.74) is 1.48. The number of aromatic nitrogens is 3. The van der Waals surface area contributed by atoms with E-state index in [9.17, 15) is 0 Å². The fourth-order valence-electron chi connectivity index (χ4n) is 2.94. The zero-order chi connectivity index (χ0) is 14.7. The van der Waals surface area contributed by atoms with Crippen LogP contribution in [0.25, 0.3) is 0 Å². The molecule has 21 heavy (non-hydrogen) atoms. The number of benzene rings is 1. The first kappa shape index (κ1) is 14.6. The van der Waals surface area contributed by atoms with Gasteiger partial charge < -0.3 is 5.32 Å². The summed E-state index contributed by atoms with van der Waals surface area (Å²) < 4.78 is 2.00. The maximum Gasteiger partial charge on any atom is 0.138 e. The van der Waals surface area contributed by atoms with Crippen LogP contribution < -0.4 is 5.32 Å². The van der Waals surface area contributed by atoms with Gasteiger partial charge in [0, 0.05) is 29.2 Å². The lowest BCUT2D eigenvalue weighted by Crippen LogP contribution is -2.40. The average Bonchev–Trinajstić information content (AvgIpc) is 3.12. The zero-order valence-electron chi connectivity index (χ0n) is 12.6. The van der Waals surface area contributed by atoms with Crippen molar-refractivity contribution in [3.8, 4) is 0 Å². The van der Waals surface area contributed by atoms with E-state index in [1.54, 1.807) is 6.33 Å². The molecule has 2 atom stereocenters. The number of likely N-dealkylation sites (N-methyl/N-ethyl adjacent to an activating group) is 1. The van der Waals surface area contributed by atoms with Gasteiger partial charge in [0.25, 0.3) is 0 Å². The number of hydrogen-bond donors (Lipinski definition) is 1.